The van der Waals surface area contributed by atoms with Crippen molar-refractivity contribution in [2.45, 2.75) is 19.4 Å². The Hall–Kier alpha value is -3.90. The Morgan fingerprint density at radius 1 is 1.06 bits per heavy atom. The number of H-pyrrole nitrogens is 1. The SMILES string of the molecule is Cc1n[nH]c2ccc(-c3cc(OC[C@@H](N)Cc4ccccc4)cnc3-c3cccn3C)cc12. The molecule has 6 nitrogen and oxygen atoms in total. The third kappa shape index (κ3) is 4.38. The minimum atomic E-state index is -0.103. The summed E-state index contributed by atoms with van der Waals surface area (Å²) in [5.74, 6) is 0.704. The molecule has 0 amide bonds. The fraction of sp³-hybridized carbons (Fsp3) is 0.185. The van der Waals surface area contributed by atoms with Crippen molar-refractivity contribution in [2.24, 2.45) is 12.8 Å². The highest BCUT2D eigenvalue weighted by atomic mass is 16.5. The van der Waals surface area contributed by atoms with Crippen molar-refractivity contribution >= 4 is 10.9 Å². The summed E-state index contributed by atoms with van der Waals surface area (Å²) in [7, 11) is 2.03. The van der Waals surface area contributed by atoms with Gasteiger partial charge >= 0.3 is 0 Å². The molecule has 0 aliphatic carbocycles. The summed E-state index contributed by atoms with van der Waals surface area (Å²) in [6, 6.07) is 22.6. The first-order chi connectivity index (χ1) is 16.1. The number of aryl methyl sites for hydroxylation is 2. The molecule has 1 atom stereocenters. The second-order valence-corrected chi connectivity index (χ2v) is 8.40. The van der Waals surface area contributed by atoms with Crippen LogP contribution in [-0.4, -0.2) is 32.4 Å². The average molecular weight is 438 g/mol. The van der Waals surface area contributed by atoms with E-state index in [2.05, 4.69) is 57.2 Å². The van der Waals surface area contributed by atoms with Crippen LogP contribution in [0.4, 0.5) is 0 Å². The number of aromatic nitrogens is 4. The van der Waals surface area contributed by atoms with Crippen molar-refractivity contribution in [1.82, 2.24) is 19.7 Å². The number of pyridine rings is 1. The predicted molar refractivity (Wildman–Crippen MR) is 132 cm³/mol. The number of nitrogens with two attached hydrogens (primary N) is 1. The molecular formula is C27H27N5O. The lowest BCUT2D eigenvalue weighted by Gasteiger charge is -2.16. The molecule has 0 saturated heterocycles. The fourth-order valence-corrected chi connectivity index (χ4v) is 4.15. The van der Waals surface area contributed by atoms with Crippen LogP contribution in [0.5, 0.6) is 5.75 Å². The Morgan fingerprint density at radius 2 is 1.91 bits per heavy atom. The van der Waals surface area contributed by atoms with Gasteiger partial charge in [-0.15, -0.1) is 0 Å². The zero-order chi connectivity index (χ0) is 22.8. The highest BCUT2D eigenvalue weighted by molar-refractivity contribution is 5.89. The highest BCUT2D eigenvalue weighted by Gasteiger charge is 2.15. The summed E-state index contributed by atoms with van der Waals surface area (Å²) in [5.41, 5.74) is 13.6. The summed E-state index contributed by atoms with van der Waals surface area (Å²) in [6.45, 7) is 2.42. The van der Waals surface area contributed by atoms with E-state index in [4.69, 9.17) is 15.5 Å². The van der Waals surface area contributed by atoms with Crippen molar-refractivity contribution in [3.05, 3.63) is 90.4 Å². The van der Waals surface area contributed by atoms with Crippen LogP contribution in [0.25, 0.3) is 33.4 Å². The van der Waals surface area contributed by atoms with Crippen LogP contribution in [-0.2, 0) is 13.5 Å². The van der Waals surface area contributed by atoms with E-state index in [0.29, 0.717) is 12.4 Å². The Bertz CT molecular complexity index is 1390. The second kappa shape index (κ2) is 8.92. The molecule has 0 saturated carbocycles. The van der Waals surface area contributed by atoms with Crippen LogP contribution in [0.1, 0.15) is 11.3 Å². The average Bonchev–Trinajstić information content (AvgIpc) is 3.43. The maximum Gasteiger partial charge on any atom is 0.138 e. The summed E-state index contributed by atoms with van der Waals surface area (Å²) in [5, 5.41) is 8.51. The molecule has 0 unspecified atom stereocenters. The van der Waals surface area contributed by atoms with Gasteiger partial charge in [0.25, 0.3) is 0 Å². The molecule has 0 aliphatic heterocycles. The van der Waals surface area contributed by atoms with E-state index in [0.717, 1.165) is 45.5 Å². The van der Waals surface area contributed by atoms with Crippen molar-refractivity contribution in [3.8, 4) is 28.3 Å². The van der Waals surface area contributed by atoms with Gasteiger partial charge in [-0.25, -0.2) is 0 Å². The van der Waals surface area contributed by atoms with E-state index in [-0.39, 0.29) is 6.04 Å². The van der Waals surface area contributed by atoms with E-state index in [1.165, 1.54) is 5.56 Å². The zero-order valence-corrected chi connectivity index (χ0v) is 18.8. The quantitative estimate of drug-likeness (QED) is 0.380. The van der Waals surface area contributed by atoms with Crippen LogP contribution in [0.15, 0.2) is 79.1 Å². The summed E-state index contributed by atoms with van der Waals surface area (Å²) in [6.07, 6.45) is 4.57. The molecule has 3 heterocycles. The molecule has 3 aromatic heterocycles. The number of hydrogen-bond donors (Lipinski definition) is 2. The normalized spacial score (nSPS) is 12.2. The summed E-state index contributed by atoms with van der Waals surface area (Å²) < 4.78 is 8.16. The Labute approximate surface area is 193 Å². The fourth-order valence-electron chi connectivity index (χ4n) is 4.15. The molecule has 6 heteroatoms. The van der Waals surface area contributed by atoms with Crippen molar-refractivity contribution < 1.29 is 4.74 Å². The molecule has 5 rings (SSSR count). The molecule has 3 N–H and O–H groups in total. The van der Waals surface area contributed by atoms with Crippen molar-refractivity contribution in [1.29, 1.82) is 0 Å². The van der Waals surface area contributed by atoms with Gasteiger partial charge in [-0.2, -0.15) is 5.10 Å². The second-order valence-electron chi connectivity index (χ2n) is 8.40. The van der Waals surface area contributed by atoms with Gasteiger partial charge < -0.3 is 15.0 Å². The third-order valence-corrected chi connectivity index (χ3v) is 5.92. The predicted octanol–water partition coefficient (Wildman–Crippen LogP) is 4.89. The van der Waals surface area contributed by atoms with Gasteiger partial charge in [0, 0.05) is 30.2 Å². The molecule has 0 bridgehead atoms. The molecule has 166 valence electrons. The zero-order valence-electron chi connectivity index (χ0n) is 18.8. The van der Waals surface area contributed by atoms with Gasteiger partial charge in [-0.1, -0.05) is 36.4 Å². The molecule has 2 aromatic carbocycles. The topological polar surface area (TPSA) is 81.8 Å². The van der Waals surface area contributed by atoms with Gasteiger partial charge in [-0.05, 0) is 54.8 Å². The van der Waals surface area contributed by atoms with Crippen LogP contribution in [0.2, 0.25) is 0 Å². The number of hydrogen-bond acceptors (Lipinski definition) is 4. The van der Waals surface area contributed by atoms with Crippen LogP contribution in [0.3, 0.4) is 0 Å². The molecule has 33 heavy (non-hydrogen) atoms. The lowest BCUT2D eigenvalue weighted by Crippen LogP contribution is -2.30. The molecule has 5 aromatic rings. The number of ether oxygens (including phenoxy) is 1. The lowest BCUT2D eigenvalue weighted by atomic mass is 10.00. The van der Waals surface area contributed by atoms with Crippen molar-refractivity contribution in [3.63, 3.8) is 0 Å². The van der Waals surface area contributed by atoms with E-state index in [1.807, 2.05) is 44.4 Å². The lowest BCUT2D eigenvalue weighted by molar-refractivity contribution is 0.287. The monoisotopic (exact) mass is 437 g/mol. The van der Waals surface area contributed by atoms with Crippen LogP contribution < -0.4 is 10.5 Å². The minimum Gasteiger partial charge on any atom is -0.490 e. The molecule has 0 radical (unpaired) electrons. The largest absolute Gasteiger partial charge is 0.490 e. The van der Waals surface area contributed by atoms with E-state index < -0.39 is 0 Å². The molecular weight excluding hydrogens is 410 g/mol. The number of nitrogens with zero attached hydrogens (tertiary/aromatic N) is 3. The maximum absolute atomic E-state index is 6.34. The first-order valence-electron chi connectivity index (χ1n) is 11.1. The smallest absolute Gasteiger partial charge is 0.138 e. The van der Waals surface area contributed by atoms with Gasteiger partial charge in [0.05, 0.1) is 28.8 Å². The van der Waals surface area contributed by atoms with Gasteiger partial charge in [0.1, 0.15) is 12.4 Å². The van der Waals surface area contributed by atoms with E-state index in [9.17, 15) is 0 Å². The number of aromatic amines is 1. The summed E-state index contributed by atoms with van der Waals surface area (Å²) in [4.78, 5) is 4.80. The number of nitrogens with one attached hydrogen (secondary N) is 1. The summed E-state index contributed by atoms with van der Waals surface area (Å²) >= 11 is 0. The van der Waals surface area contributed by atoms with Gasteiger partial charge in [0.2, 0.25) is 0 Å². The maximum atomic E-state index is 6.34. The third-order valence-electron chi connectivity index (χ3n) is 5.92. The number of benzene rings is 2. The highest BCUT2D eigenvalue weighted by Crippen LogP contribution is 2.35. The Kier molecular flexibility index (Phi) is 5.67. The van der Waals surface area contributed by atoms with E-state index >= 15 is 0 Å². The molecule has 0 aliphatic rings. The first-order valence-corrected chi connectivity index (χ1v) is 11.1. The van der Waals surface area contributed by atoms with E-state index in [1.54, 1.807) is 6.20 Å². The standard InChI is InChI=1S/C27H27N5O/c1-18-23-14-20(10-11-25(23)31-30-18)24-15-22(16-29-27(24)26-9-6-12-32(26)2)33-17-21(28)13-19-7-4-3-5-8-19/h3-12,14-16,21H,13,17,28H2,1-2H3,(H,30,31)/t21-/m0/s1. The first kappa shape index (κ1) is 21.0. The van der Waals surface area contributed by atoms with Gasteiger partial charge in [0.15, 0.2) is 0 Å². The Balaban J connectivity index is 1.46. The number of fused-ring (bicyclic) bond motifs is 1. The van der Waals surface area contributed by atoms with Crippen molar-refractivity contribution in [2.75, 3.05) is 6.61 Å². The molecule has 0 spiro atoms. The van der Waals surface area contributed by atoms with Crippen LogP contribution >= 0.6 is 0 Å². The Morgan fingerprint density at radius 3 is 2.70 bits per heavy atom. The number of rotatable bonds is 7. The van der Waals surface area contributed by atoms with Gasteiger partial charge in [-0.3, -0.25) is 10.1 Å². The minimum absolute atomic E-state index is 0.103. The van der Waals surface area contributed by atoms with Crippen LogP contribution in [0, 0.1) is 6.92 Å². The molecule has 0 fully saturated rings.